The highest BCUT2D eigenvalue weighted by Gasteiger charge is 2.54. The lowest BCUT2D eigenvalue weighted by Gasteiger charge is -2.37. The second kappa shape index (κ2) is 9.41. The Morgan fingerprint density at radius 1 is 1.06 bits per heavy atom. The number of rotatable bonds is 6. The van der Waals surface area contributed by atoms with E-state index in [4.69, 9.17) is 10.5 Å². The van der Waals surface area contributed by atoms with Gasteiger partial charge in [0.15, 0.2) is 5.78 Å². The third kappa shape index (κ3) is 4.20. The Hall–Kier alpha value is -2.52. The third-order valence-electron chi connectivity index (χ3n) is 8.92. The van der Waals surface area contributed by atoms with Gasteiger partial charge in [0.2, 0.25) is 11.8 Å². The molecule has 2 N–H and O–H groups in total. The second-order valence-corrected chi connectivity index (χ2v) is 11.1. The Morgan fingerprint density at radius 3 is 2.44 bits per heavy atom. The SMILES string of the molecule is NC(=O)c1ccc(N2CCN(C3CC3)CC2)cc1[C@@H](C(=O)N1C[C@H](F)[C@H]2OCC(=O)[C@H]21)C1CCCC1. The number of nitrogens with two attached hydrogens (primary N) is 1. The van der Waals surface area contributed by atoms with E-state index in [1.54, 1.807) is 6.07 Å². The van der Waals surface area contributed by atoms with Crippen LogP contribution in [0.4, 0.5) is 10.1 Å². The molecular weight excluding hydrogens is 463 g/mol. The molecular formula is C27H35FN4O4. The summed E-state index contributed by atoms with van der Waals surface area (Å²) in [5.41, 5.74) is 7.73. The monoisotopic (exact) mass is 498 g/mol. The number of Topliss-reactive ketones (excluding diaryl/α,β-unsaturated/α-hetero) is 1. The van der Waals surface area contributed by atoms with E-state index in [0.717, 1.165) is 63.6 Å². The van der Waals surface area contributed by atoms with Crippen LogP contribution in [0.1, 0.15) is 60.4 Å². The van der Waals surface area contributed by atoms with Gasteiger partial charge in [-0.05, 0) is 55.4 Å². The van der Waals surface area contributed by atoms with Gasteiger partial charge >= 0.3 is 0 Å². The van der Waals surface area contributed by atoms with Crippen molar-refractivity contribution in [3.05, 3.63) is 29.3 Å². The molecule has 0 radical (unpaired) electrons. The van der Waals surface area contributed by atoms with Gasteiger partial charge in [-0.3, -0.25) is 19.3 Å². The smallest absolute Gasteiger partial charge is 0.249 e. The van der Waals surface area contributed by atoms with E-state index in [1.165, 1.54) is 17.7 Å². The summed E-state index contributed by atoms with van der Waals surface area (Å²) in [6, 6.07) is 5.47. The van der Waals surface area contributed by atoms with E-state index >= 15 is 0 Å². The molecule has 8 nitrogen and oxygen atoms in total. The van der Waals surface area contributed by atoms with Crippen molar-refractivity contribution >= 4 is 23.3 Å². The molecule has 5 aliphatic rings. The molecule has 5 fully saturated rings. The molecule has 0 spiro atoms. The molecule has 0 bridgehead atoms. The van der Waals surface area contributed by atoms with Gasteiger partial charge in [0.25, 0.3) is 0 Å². The summed E-state index contributed by atoms with van der Waals surface area (Å²) < 4.78 is 20.1. The molecule has 4 atom stereocenters. The highest BCUT2D eigenvalue weighted by Crippen LogP contribution is 2.43. The minimum atomic E-state index is -1.39. The number of primary amides is 1. The molecule has 2 saturated carbocycles. The first-order chi connectivity index (χ1) is 17.4. The Labute approximate surface area is 210 Å². The predicted molar refractivity (Wildman–Crippen MR) is 132 cm³/mol. The summed E-state index contributed by atoms with van der Waals surface area (Å²) in [4.78, 5) is 45.4. The van der Waals surface area contributed by atoms with Crippen LogP contribution in [0.5, 0.6) is 0 Å². The molecule has 1 aromatic carbocycles. The quantitative estimate of drug-likeness (QED) is 0.643. The summed E-state index contributed by atoms with van der Waals surface area (Å²) in [7, 11) is 0. The number of hydrogen-bond acceptors (Lipinski definition) is 6. The van der Waals surface area contributed by atoms with Gasteiger partial charge < -0.3 is 20.3 Å². The van der Waals surface area contributed by atoms with E-state index < -0.39 is 30.1 Å². The molecule has 2 aliphatic carbocycles. The number of amides is 2. The van der Waals surface area contributed by atoms with Gasteiger partial charge in [-0.2, -0.15) is 0 Å². The van der Waals surface area contributed by atoms with Crippen LogP contribution < -0.4 is 10.6 Å². The standard InChI is InChI=1S/C27H35FN4O4/c28-21-14-32(24-22(33)15-36-25(21)24)27(35)23(16-3-1-2-4-16)20-13-18(7-8-19(20)26(29)34)31-11-9-30(10-12-31)17-5-6-17/h7-8,13,16-17,21,23-25H,1-6,9-12,14-15H2,(H2,29,34)/t21-,23-,24+,25+/m0/s1. The number of halogens is 1. The van der Waals surface area contributed by atoms with Gasteiger partial charge in [0, 0.05) is 43.5 Å². The first kappa shape index (κ1) is 23.9. The molecule has 3 saturated heterocycles. The Morgan fingerprint density at radius 2 is 1.78 bits per heavy atom. The largest absolute Gasteiger partial charge is 0.369 e. The van der Waals surface area contributed by atoms with Gasteiger partial charge in [-0.25, -0.2) is 4.39 Å². The first-order valence-corrected chi connectivity index (χ1v) is 13.4. The lowest BCUT2D eigenvalue weighted by atomic mass is 9.80. The fourth-order valence-electron chi connectivity index (χ4n) is 6.90. The molecule has 3 heterocycles. The summed E-state index contributed by atoms with van der Waals surface area (Å²) in [6.07, 6.45) is 4.00. The number of piperazine rings is 1. The number of ether oxygens (including phenoxy) is 1. The molecule has 9 heteroatoms. The maximum atomic E-state index is 14.8. The predicted octanol–water partition coefficient (Wildman–Crippen LogP) is 1.86. The molecule has 36 heavy (non-hydrogen) atoms. The van der Waals surface area contributed by atoms with Crippen LogP contribution in [0.3, 0.4) is 0 Å². The van der Waals surface area contributed by atoms with Crippen LogP contribution in [0.25, 0.3) is 0 Å². The Bertz CT molecular complexity index is 1050. The van der Waals surface area contributed by atoms with Crippen LogP contribution in [-0.2, 0) is 14.3 Å². The van der Waals surface area contributed by atoms with E-state index in [1.807, 2.05) is 12.1 Å². The zero-order valence-electron chi connectivity index (χ0n) is 20.6. The van der Waals surface area contributed by atoms with Gasteiger partial charge in [-0.15, -0.1) is 0 Å². The molecule has 6 rings (SSSR count). The summed E-state index contributed by atoms with van der Waals surface area (Å²) in [6.45, 7) is 3.46. The molecule has 0 unspecified atom stereocenters. The van der Waals surface area contributed by atoms with Crippen molar-refractivity contribution < 1.29 is 23.5 Å². The number of carbonyl (C=O) groups is 3. The number of carbonyl (C=O) groups excluding carboxylic acids is 3. The highest BCUT2D eigenvalue weighted by molar-refractivity contribution is 5.99. The van der Waals surface area contributed by atoms with Crippen molar-refractivity contribution in [3.8, 4) is 0 Å². The number of hydrogen-bond donors (Lipinski definition) is 1. The number of likely N-dealkylation sites (tertiary alicyclic amines) is 1. The average Bonchev–Trinajstić information content (AvgIpc) is 3.28. The molecule has 2 amide bonds. The molecule has 3 aliphatic heterocycles. The maximum Gasteiger partial charge on any atom is 0.249 e. The summed E-state index contributed by atoms with van der Waals surface area (Å²) in [5, 5.41) is 0. The Kier molecular flexibility index (Phi) is 6.24. The zero-order valence-corrected chi connectivity index (χ0v) is 20.6. The van der Waals surface area contributed by atoms with Crippen LogP contribution in [0, 0.1) is 5.92 Å². The number of anilines is 1. The van der Waals surface area contributed by atoms with Gasteiger partial charge in [-0.1, -0.05) is 12.8 Å². The summed E-state index contributed by atoms with van der Waals surface area (Å²) in [5.74, 6) is -1.73. The number of nitrogens with zero attached hydrogens (tertiary/aromatic N) is 3. The lowest BCUT2D eigenvalue weighted by Crippen LogP contribution is -2.47. The first-order valence-electron chi connectivity index (χ1n) is 13.4. The fraction of sp³-hybridized carbons (Fsp3) is 0.667. The van der Waals surface area contributed by atoms with Crippen LogP contribution in [0.2, 0.25) is 0 Å². The van der Waals surface area contributed by atoms with Crippen molar-refractivity contribution in [3.63, 3.8) is 0 Å². The van der Waals surface area contributed by atoms with Crippen molar-refractivity contribution in [2.24, 2.45) is 11.7 Å². The molecule has 0 aromatic heterocycles. The van der Waals surface area contributed by atoms with Gasteiger partial charge in [0.1, 0.15) is 24.9 Å². The van der Waals surface area contributed by atoms with Crippen molar-refractivity contribution in [2.45, 2.75) is 68.8 Å². The number of ketones is 1. The van der Waals surface area contributed by atoms with E-state index in [9.17, 15) is 18.8 Å². The van der Waals surface area contributed by atoms with E-state index in [-0.39, 0.29) is 30.8 Å². The van der Waals surface area contributed by atoms with Crippen molar-refractivity contribution in [2.75, 3.05) is 44.2 Å². The van der Waals surface area contributed by atoms with Crippen LogP contribution in [0.15, 0.2) is 18.2 Å². The maximum absolute atomic E-state index is 14.8. The van der Waals surface area contributed by atoms with E-state index in [0.29, 0.717) is 11.1 Å². The van der Waals surface area contributed by atoms with Crippen LogP contribution in [-0.4, -0.2) is 91.1 Å². The van der Waals surface area contributed by atoms with Crippen molar-refractivity contribution in [1.82, 2.24) is 9.80 Å². The molecule has 1 aromatic rings. The average molecular weight is 499 g/mol. The normalized spacial score (nSPS) is 30.1. The van der Waals surface area contributed by atoms with Gasteiger partial charge in [0.05, 0.1) is 12.5 Å². The fourth-order valence-corrected chi connectivity index (χ4v) is 6.90. The number of benzene rings is 1. The van der Waals surface area contributed by atoms with Crippen molar-refractivity contribution in [1.29, 1.82) is 0 Å². The third-order valence-corrected chi connectivity index (χ3v) is 8.92. The highest BCUT2D eigenvalue weighted by atomic mass is 19.1. The Balaban J connectivity index is 1.34. The topological polar surface area (TPSA) is 96.2 Å². The molecule has 194 valence electrons. The lowest BCUT2D eigenvalue weighted by molar-refractivity contribution is -0.138. The summed E-state index contributed by atoms with van der Waals surface area (Å²) >= 11 is 0. The zero-order chi connectivity index (χ0) is 25.0. The minimum absolute atomic E-state index is 0.0205. The number of fused-ring (bicyclic) bond motifs is 1. The second-order valence-electron chi connectivity index (χ2n) is 11.1. The minimum Gasteiger partial charge on any atom is -0.369 e. The van der Waals surface area contributed by atoms with Crippen LogP contribution >= 0.6 is 0 Å². The van der Waals surface area contributed by atoms with E-state index in [2.05, 4.69) is 9.80 Å². The number of alkyl halides is 1.